The third kappa shape index (κ3) is 5.21. The summed E-state index contributed by atoms with van der Waals surface area (Å²) in [5.74, 6) is -0.294. The van der Waals surface area contributed by atoms with E-state index >= 15 is 0 Å². The number of ether oxygens (including phenoxy) is 1. The number of allylic oxidation sites excluding steroid dienone is 1. The number of hydrogen-bond acceptors (Lipinski definition) is 7. The first kappa shape index (κ1) is 25.6. The molecule has 1 aromatic carbocycles. The molecule has 0 fully saturated rings. The smallest absolute Gasteiger partial charge is 0.303 e. The van der Waals surface area contributed by atoms with Gasteiger partial charge in [-0.05, 0) is 45.0 Å². The number of aromatic nitrogens is 3. The number of hydrogen-bond donors (Lipinski definition) is 2. The molecule has 3 heterocycles. The Morgan fingerprint density at radius 1 is 1.19 bits per heavy atom. The topological polar surface area (TPSA) is 92.0 Å². The Hall–Kier alpha value is -3.46. The van der Waals surface area contributed by atoms with Crippen LogP contribution in [0.5, 0.6) is 0 Å². The monoisotopic (exact) mass is 507 g/mol. The minimum Gasteiger partial charge on any atom is -0.484 e. The molecule has 2 aromatic heterocycles. The Balaban J connectivity index is 1.70. The van der Waals surface area contributed by atoms with Crippen LogP contribution in [0.15, 0.2) is 54.5 Å². The van der Waals surface area contributed by atoms with Gasteiger partial charge in [-0.1, -0.05) is 43.7 Å². The number of imidazole rings is 1. The summed E-state index contributed by atoms with van der Waals surface area (Å²) >= 11 is 5.74. The Kier molecular flexibility index (Phi) is 7.88. The number of nitrogens with zero attached hydrogens (tertiary/aromatic N) is 4. The molecule has 0 spiro atoms. The molecular formula is C27H33N5O3S. The van der Waals surface area contributed by atoms with Crippen molar-refractivity contribution in [3.05, 3.63) is 65.9 Å². The van der Waals surface area contributed by atoms with Crippen LogP contribution in [0.4, 0.5) is 0 Å². The maximum Gasteiger partial charge on any atom is 0.303 e. The van der Waals surface area contributed by atoms with E-state index in [9.17, 15) is 9.90 Å². The van der Waals surface area contributed by atoms with Crippen molar-refractivity contribution in [1.29, 1.82) is 0 Å². The summed E-state index contributed by atoms with van der Waals surface area (Å²) in [7, 11) is 0. The van der Waals surface area contributed by atoms with Crippen molar-refractivity contribution < 1.29 is 14.6 Å². The number of aliphatic carboxylic acids is 1. The summed E-state index contributed by atoms with van der Waals surface area (Å²) in [5, 5.41) is 13.4. The minimum atomic E-state index is -0.842. The maximum atomic E-state index is 11.3. The van der Waals surface area contributed by atoms with Crippen molar-refractivity contribution in [1.82, 2.24) is 24.6 Å². The molecule has 36 heavy (non-hydrogen) atoms. The second kappa shape index (κ2) is 11.1. The molecule has 3 aromatic rings. The molecule has 1 aliphatic heterocycles. The molecular weight excluding hydrogens is 474 g/mol. The predicted molar refractivity (Wildman–Crippen MR) is 143 cm³/mol. The van der Waals surface area contributed by atoms with E-state index in [1.807, 2.05) is 60.8 Å². The van der Waals surface area contributed by atoms with Gasteiger partial charge in [-0.3, -0.25) is 9.20 Å². The summed E-state index contributed by atoms with van der Waals surface area (Å²) in [4.78, 5) is 23.2. The van der Waals surface area contributed by atoms with E-state index in [0.717, 1.165) is 47.6 Å². The molecule has 8 nitrogen and oxygen atoms in total. The summed E-state index contributed by atoms with van der Waals surface area (Å²) in [6.07, 6.45) is 7.26. The van der Waals surface area contributed by atoms with E-state index in [4.69, 9.17) is 26.9 Å². The molecule has 0 aliphatic carbocycles. The molecule has 1 atom stereocenters. The zero-order valence-electron chi connectivity index (χ0n) is 21.0. The number of rotatable bonds is 11. The van der Waals surface area contributed by atoms with E-state index in [-0.39, 0.29) is 6.42 Å². The summed E-state index contributed by atoms with van der Waals surface area (Å²) < 4.78 is 7.73. The first-order chi connectivity index (χ1) is 17.4. The average molecular weight is 508 g/mol. The number of carboxylic acids is 1. The van der Waals surface area contributed by atoms with Gasteiger partial charge < -0.3 is 20.1 Å². The summed E-state index contributed by atoms with van der Waals surface area (Å²) in [6, 6.07) is 11.8. The predicted octanol–water partition coefficient (Wildman–Crippen LogP) is 4.93. The Labute approximate surface area is 217 Å². The fraction of sp³-hybridized carbons (Fsp3) is 0.407. The molecule has 9 heteroatoms. The molecule has 1 unspecified atom stereocenters. The van der Waals surface area contributed by atoms with Crippen LogP contribution in [0.3, 0.4) is 0 Å². The highest BCUT2D eigenvalue weighted by atomic mass is 32.1. The molecule has 0 radical (unpaired) electrons. The number of unbranched alkanes of at least 4 members (excludes halogenated alkanes) is 1. The van der Waals surface area contributed by atoms with Gasteiger partial charge in [0, 0.05) is 30.1 Å². The Morgan fingerprint density at radius 3 is 2.67 bits per heavy atom. The van der Waals surface area contributed by atoms with Crippen LogP contribution in [0.1, 0.15) is 57.8 Å². The van der Waals surface area contributed by atoms with Gasteiger partial charge in [0.25, 0.3) is 0 Å². The fourth-order valence-corrected chi connectivity index (χ4v) is 5.07. The third-order valence-electron chi connectivity index (χ3n) is 6.36. The first-order valence-corrected chi connectivity index (χ1v) is 12.8. The molecule has 2 N–H and O–H groups in total. The van der Waals surface area contributed by atoms with Crippen LogP contribution in [-0.2, 0) is 22.5 Å². The molecule has 1 aliphatic rings. The fourth-order valence-electron chi connectivity index (χ4n) is 4.68. The van der Waals surface area contributed by atoms with Crippen molar-refractivity contribution in [3.63, 3.8) is 0 Å². The third-order valence-corrected chi connectivity index (χ3v) is 6.81. The van der Waals surface area contributed by atoms with E-state index in [1.54, 1.807) is 0 Å². The highest BCUT2D eigenvalue weighted by Crippen LogP contribution is 2.32. The second-order valence-corrected chi connectivity index (χ2v) is 9.38. The van der Waals surface area contributed by atoms with Gasteiger partial charge in [0.2, 0.25) is 10.8 Å². The van der Waals surface area contributed by atoms with Crippen LogP contribution < -0.4 is 5.32 Å². The van der Waals surface area contributed by atoms with Crippen LogP contribution in [-0.4, -0.2) is 47.7 Å². The largest absolute Gasteiger partial charge is 0.484 e. The zero-order valence-corrected chi connectivity index (χ0v) is 21.8. The summed E-state index contributed by atoms with van der Waals surface area (Å²) in [6.45, 7) is 7.18. The van der Waals surface area contributed by atoms with E-state index in [0.29, 0.717) is 30.4 Å². The van der Waals surface area contributed by atoms with Gasteiger partial charge in [-0.2, -0.15) is 0 Å². The van der Waals surface area contributed by atoms with Gasteiger partial charge in [0.1, 0.15) is 0 Å². The quantitative estimate of drug-likeness (QED) is 0.353. The Morgan fingerprint density at radius 2 is 1.97 bits per heavy atom. The first-order valence-electron chi connectivity index (χ1n) is 12.4. The SMILES string of the molecule is CCCCC1(C(=S)OCC)NC(C)=CN1Cc1ccn2c(CCC(=O)O)c(-c3ccccc3)nc2n1. The molecule has 0 saturated heterocycles. The van der Waals surface area contributed by atoms with E-state index in [2.05, 4.69) is 23.3 Å². The molecule has 0 bridgehead atoms. The summed E-state index contributed by atoms with van der Waals surface area (Å²) in [5.41, 5.74) is 3.80. The minimum absolute atomic E-state index is 0.0215. The van der Waals surface area contributed by atoms with Crippen molar-refractivity contribution in [3.8, 4) is 11.3 Å². The number of nitrogens with one attached hydrogen (secondary N) is 1. The lowest BCUT2D eigenvalue weighted by Crippen LogP contribution is -2.57. The molecule has 4 rings (SSSR count). The highest BCUT2D eigenvalue weighted by molar-refractivity contribution is 7.80. The highest BCUT2D eigenvalue weighted by Gasteiger charge is 2.44. The molecule has 0 saturated carbocycles. The zero-order chi connectivity index (χ0) is 25.7. The van der Waals surface area contributed by atoms with Crippen LogP contribution >= 0.6 is 12.2 Å². The van der Waals surface area contributed by atoms with E-state index in [1.165, 1.54) is 0 Å². The van der Waals surface area contributed by atoms with Gasteiger partial charge in [-0.15, -0.1) is 0 Å². The number of fused-ring (bicyclic) bond motifs is 1. The van der Waals surface area contributed by atoms with Gasteiger partial charge in [0.15, 0.2) is 5.66 Å². The molecule has 0 amide bonds. The van der Waals surface area contributed by atoms with Gasteiger partial charge >= 0.3 is 5.97 Å². The molecule has 190 valence electrons. The average Bonchev–Trinajstić information content (AvgIpc) is 3.39. The van der Waals surface area contributed by atoms with Crippen LogP contribution in [0.2, 0.25) is 0 Å². The van der Waals surface area contributed by atoms with Crippen LogP contribution in [0, 0.1) is 0 Å². The van der Waals surface area contributed by atoms with Crippen molar-refractivity contribution in [2.24, 2.45) is 0 Å². The lowest BCUT2D eigenvalue weighted by molar-refractivity contribution is -0.136. The number of carbonyl (C=O) groups is 1. The lowest BCUT2D eigenvalue weighted by Gasteiger charge is -2.39. The van der Waals surface area contributed by atoms with Gasteiger partial charge in [-0.25, -0.2) is 9.97 Å². The second-order valence-electron chi connectivity index (χ2n) is 9.01. The maximum absolute atomic E-state index is 11.3. The lowest BCUT2D eigenvalue weighted by atomic mass is 10.0. The van der Waals surface area contributed by atoms with Crippen molar-refractivity contribution in [2.45, 2.75) is 65.1 Å². The van der Waals surface area contributed by atoms with Gasteiger partial charge in [0.05, 0.1) is 36.7 Å². The number of carboxylic acid groups (broad SMARTS) is 1. The number of benzene rings is 1. The van der Waals surface area contributed by atoms with Crippen LogP contribution in [0.25, 0.3) is 17.0 Å². The standard InChI is InChI=1S/C27H33N5O3S/c1-4-6-15-27(25(36)35-5-2)30-19(3)17-31(27)18-21-14-16-32-22(12-13-23(33)34)24(29-26(32)28-21)20-10-8-7-9-11-20/h7-11,14,16-17,30H,4-6,12-13,15,18H2,1-3H3,(H,33,34). The number of aryl methyl sites for hydroxylation is 1. The van der Waals surface area contributed by atoms with Crippen molar-refractivity contribution >= 4 is 29.0 Å². The number of thiocarbonyl (C=S) groups is 1. The normalized spacial score (nSPS) is 17.2. The van der Waals surface area contributed by atoms with E-state index < -0.39 is 11.6 Å². The Bertz CT molecular complexity index is 1270. The van der Waals surface area contributed by atoms with Crippen molar-refractivity contribution in [2.75, 3.05) is 6.61 Å².